The van der Waals surface area contributed by atoms with Crippen LogP contribution in [-0.4, -0.2) is 88.6 Å². The van der Waals surface area contributed by atoms with Crippen LogP contribution < -0.4 is 24.4 Å². The maximum atomic E-state index is 12.7. The van der Waals surface area contributed by atoms with E-state index in [4.69, 9.17) is 18.9 Å². The Balaban J connectivity index is 1.21. The van der Waals surface area contributed by atoms with Crippen LogP contribution in [0, 0.1) is 0 Å². The van der Waals surface area contributed by atoms with Gasteiger partial charge < -0.3 is 34.1 Å². The fraction of sp³-hybridized carbons (Fsp3) is 0.379. The van der Waals surface area contributed by atoms with E-state index in [2.05, 4.69) is 26.2 Å². The second kappa shape index (κ2) is 12.1. The molecule has 1 unspecified atom stereocenters. The van der Waals surface area contributed by atoms with Gasteiger partial charge in [-0.1, -0.05) is 6.07 Å². The molecular weight excluding hydrogens is 484 g/mol. The lowest BCUT2D eigenvalue weighted by atomic mass is 10.1. The highest BCUT2D eigenvalue weighted by Gasteiger charge is 2.25. The van der Waals surface area contributed by atoms with E-state index in [9.17, 15) is 4.79 Å². The molecule has 1 aromatic heterocycles. The van der Waals surface area contributed by atoms with E-state index in [1.54, 1.807) is 12.1 Å². The highest BCUT2D eigenvalue weighted by molar-refractivity contribution is 5.94. The number of morpholine rings is 1. The molecule has 2 aromatic carbocycles. The summed E-state index contributed by atoms with van der Waals surface area (Å²) in [5.41, 5.74) is 3.34. The van der Waals surface area contributed by atoms with E-state index >= 15 is 0 Å². The molecule has 200 valence electrons. The molecule has 9 nitrogen and oxygen atoms in total. The zero-order chi connectivity index (χ0) is 26.3. The molecule has 0 aliphatic carbocycles. The number of benzene rings is 2. The highest BCUT2D eigenvalue weighted by Crippen LogP contribution is 2.41. The Kier molecular flexibility index (Phi) is 8.25. The molecule has 1 amide bonds. The van der Waals surface area contributed by atoms with Crippen molar-refractivity contribution in [3.63, 3.8) is 0 Å². The fourth-order valence-electron chi connectivity index (χ4n) is 4.38. The zero-order valence-electron chi connectivity index (χ0n) is 21.9. The van der Waals surface area contributed by atoms with Gasteiger partial charge in [0.1, 0.15) is 25.1 Å². The van der Waals surface area contributed by atoms with Crippen molar-refractivity contribution < 1.29 is 23.7 Å². The molecule has 1 N–H and O–H groups in total. The van der Waals surface area contributed by atoms with Crippen LogP contribution in [0.4, 0.5) is 5.69 Å². The zero-order valence-corrected chi connectivity index (χ0v) is 21.9. The first-order valence-corrected chi connectivity index (χ1v) is 12.9. The molecule has 1 atom stereocenters. The molecule has 3 aromatic rings. The summed E-state index contributed by atoms with van der Waals surface area (Å²) in [5, 5.41) is 2.96. The van der Waals surface area contributed by atoms with Crippen LogP contribution in [0.1, 0.15) is 10.4 Å². The van der Waals surface area contributed by atoms with Crippen molar-refractivity contribution in [3.8, 4) is 28.5 Å². The predicted octanol–water partition coefficient (Wildman–Crippen LogP) is 3.10. The lowest BCUT2D eigenvalue weighted by Gasteiger charge is -2.30. The Hall–Kier alpha value is -3.82. The molecule has 1 fully saturated rings. The Bertz CT molecular complexity index is 1230. The molecule has 5 rings (SSSR count). The minimum absolute atomic E-state index is 0.174. The molecular formula is C29H34N4O5. The van der Waals surface area contributed by atoms with Gasteiger partial charge in [0.25, 0.3) is 5.91 Å². The van der Waals surface area contributed by atoms with Gasteiger partial charge in [-0.2, -0.15) is 0 Å². The molecule has 9 heteroatoms. The van der Waals surface area contributed by atoms with Gasteiger partial charge in [0.05, 0.1) is 25.5 Å². The molecule has 0 radical (unpaired) electrons. The van der Waals surface area contributed by atoms with Crippen LogP contribution in [0.5, 0.6) is 17.2 Å². The van der Waals surface area contributed by atoms with Crippen molar-refractivity contribution in [1.29, 1.82) is 0 Å². The number of likely N-dealkylation sites (N-methyl/N-ethyl adjacent to an activating group) is 1. The first kappa shape index (κ1) is 25.8. The lowest BCUT2D eigenvalue weighted by Crippen LogP contribution is -2.40. The van der Waals surface area contributed by atoms with Crippen LogP contribution in [0.15, 0.2) is 60.8 Å². The quantitative estimate of drug-likeness (QED) is 0.463. The maximum Gasteiger partial charge on any atom is 0.251 e. The van der Waals surface area contributed by atoms with E-state index in [0.29, 0.717) is 36.8 Å². The average Bonchev–Trinajstić information content (AvgIpc) is 2.96. The summed E-state index contributed by atoms with van der Waals surface area (Å²) in [5.74, 6) is 1.88. The van der Waals surface area contributed by atoms with Gasteiger partial charge in [0, 0.05) is 42.6 Å². The van der Waals surface area contributed by atoms with Crippen LogP contribution in [0.25, 0.3) is 11.3 Å². The smallest absolute Gasteiger partial charge is 0.251 e. The van der Waals surface area contributed by atoms with Crippen molar-refractivity contribution in [1.82, 2.24) is 15.2 Å². The monoisotopic (exact) mass is 518 g/mol. The fourth-order valence-corrected chi connectivity index (χ4v) is 4.38. The summed E-state index contributed by atoms with van der Waals surface area (Å²) in [6, 6.07) is 17.1. The van der Waals surface area contributed by atoms with E-state index in [1.165, 1.54) is 0 Å². The van der Waals surface area contributed by atoms with Gasteiger partial charge in [0.2, 0.25) is 0 Å². The van der Waals surface area contributed by atoms with Gasteiger partial charge in [0.15, 0.2) is 11.5 Å². The van der Waals surface area contributed by atoms with Crippen LogP contribution in [0.3, 0.4) is 0 Å². The number of fused-ring (bicyclic) bond motifs is 1. The number of carbonyl (C=O) groups excluding carboxylic acids is 1. The second-order valence-corrected chi connectivity index (χ2v) is 9.57. The number of nitrogens with one attached hydrogen (secondary N) is 1. The van der Waals surface area contributed by atoms with Crippen molar-refractivity contribution in [2.24, 2.45) is 0 Å². The summed E-state index contributed by atoms with van der Waals surface area (Å²) in [7, 11) is 4.00. The highest BCUT2D eigenvalue weighted by atomic mass is 16.6. The number of nitrogens with zero attached hydrogens (tertiary/aromatic N) is 3. The molecule has 2 aliphatic heterocycles. The summed E-state index contributed by atoms with van der Waals surface area (Å²) in [6.07, 6.45) is 1.49. The number of pyridine rings is 1. The predicted molar refractivity (Wildman–Crippen MR) is 145 cm³/mol. The van der Waals surface area contributed by atoms with Crippen molar-refractivity contribution in [2.45, 2.75) is 6.10 Å². The summed E-state index contributed by atoms with van der Waals surface area (Å²) in [6.45, 7) is 5.22. The third-order valence-corrected chi connectivity index (χ3v) is 6.50. The molecule has 0 bridgehead atoms. The number of anilines is 1. The van der Waals surface area contributed by atoms with E-state index < -0.39 is 0 Å². The van der Waals surface area contributed by atoms with Crippen molar-refractivity contribution in [2.75, 3.05) is 71.6 Å². The van der Waals surface area contributed by atoms with Gasteiger partial charge in [-0.15, -0.1) is 0 Å². The second-order valence-electron chi connectivity index (χ2n) is 9.57. The molecule has 3 heterocycles. The minimum Gasteiger partial charge on any atom is -0.492 e. The SMILES string of the molecule is CN(C)CCOc1ccc(C(=O)NCC2COc3cccc(-c4cc(N5CCOCC5)ccn4)c3O2)cc1. The van der Waals surface area contributed by atoms with Crippen LogP contribution >= 0.6 is 0 Å². The molecule has 0 saturated carbocycles. The molecule has 0 spiro atoms. The number of ether oxygens (including phenoxy) is 4. The van der Waals surface area contributed by atoms with Gasteiger partial charge in [-0.05, 0) is 62.6 Å². The Morgan fingerprint density at radius 1 is 1.13 bits per heavy atom. The minimum atomic E-state index is -0.330. The first-order chi connectivity index (χ1) is 18.6. The van der Waals surface area contributed by atoms with Crippen molar-refractivity contribution in [3.05, 3.63) is 66.4 Å². The summed E-state index contributed by atoms with van der Waals surface area (Å²) in [4.78, 5) is 21.7. The topological polar surface area (TPSA) is 85.4 Å². The van der Waals surface area contributed by atoms with E-state index in [0.717, 1.165) is 55.5 Å². The van der Waals surface area contributed by atoms with Crippen LogP contribution in [-0.2, 0) is 4.74 Å². The number of rotatable bonds is 9. The summed E-state index contributed by atoms with van der Waals surface area (Å²) < 4.78 is 23.5. The number of aromatic nitrogens is 1. The van der Waals surface area contributed by atoms with Crippen LogP contribution in [0.2, 0.25) is 0 Å². The number of amides is 1. The molecule has 38 heavy (non-hydrogen) atoms. The largest absolute Gasteiger partial charge is 0.492 e. The Morgan fingerprint density at radius 2 is 1.95 bits per heavy atom. The number of carbonyl (C=O) groups is 1. The lowest BCUT2D eigenvalue weighted by molar-refractivity contribution is 0.0793. The number of para-hydroxylation sites is 1. The number of hydrogen-bond donors (Lipinski definition) is 1. The summed E-state index contributed by atoms with van der Waals surface area (Å²) >= 11 is 0. The third kappa shape index (κ3) is 6.35. The van der Waals surface area contributed by atoms with Gasteiger partial charge in [-0.3, -0.25) is 9.78 Å². The van der Waals surface area contributed by atoms with E-state index in [-0.39, 0.29) is 12.0 Å². The average molecular weight is 519 g/mol. The Morgan fingerprint density at radius 3 is 2.74 bits per heavy atom. The first-order valence-electron chi connectivity index (χ1n) is 12.9. The Labute approximate surface area is 223 Å². The number of hydrogen-bond acceptors (Lipinski definition) is 8. The van der Waals surface area contributed by atoms with E-state index in [1.807, 2.05) is 56.7 Å². The normalized spacial score (nSPS) is 16.8. The maximum absolute atomic E-state index is 12.7. The third-order valence-electron chi connectivity index (χ3n) is 6.50. The molecule has 2 aliphatic rings. The standard InChI is InChI=1S/C29H34N4O5/c1-32(2)12-17-36-23-8-6-21(7-9-23)29(34)31-19-24-20-37-27-5-3-4-25(28(27)38-24)26-18-22(10-11-30-26)33-13-15-35-16-14-33/h3-11,18,24H,12-17,19-20H2,1-2H3,(H,31,34). The molecule has 1 saturated heterocycles. The van der Waals surface area contributed by atoms with Gasteiger partial charge >= 0.3 is 0 Å². The van der Waals surface area contributed by atoms with Gasteiger partial charge in [-0.25, -0.2) is 0 Å². The van der Waals surface area contributed by atoms with Crippen molar-refractivity contribution >= 4 is 11.6 Å².